The van der Waals surface area contributed by atoms with Gasteiger partial charge in [-0.2, -0.15) is 0 Å². The van der Waals surface area contributed by atoms with E-state index in [1.807, 2.05) is 0 Å². The van der Waals surface area contributed by atoms with Crippen molar-refractivity contribution in [1.82, 2.24) is 0 Å². The number of para-hydroxylation sites is 1. The lowest BCUT2D eigenvalue weighted by atomic mass is 10.2. The van der Waals surface area contributed by atoms with E-state index >= 15 is 0 Å². The molecule has 0 radical (unpaired) electrons. The van der Waals surface area contributed by atoms with Crippen LogP contribution < -0.4 is 5.73 Å². The van der Waals surface area contributed by atoms with Crippen LogP contribution in [0.3, 0.4) is 0 Å². The molecule has 0 saturated heterocycles. The van der Waals surface area contributed by atoms with Crippen LogP contribution in [-0.2, 0) is 0 Å². The van der Waals surface area contributed by atoms with Crippen LogP contribution in [0.4, 0.5) is 5.69 Å². The number of hydrogen-bond acceptors (Lipinski definition) is 4. The Bertz CT molecular complexity index is 311. The summed E-state index contributed by atoms with van der Waals surface area (Å²) in [6.07, 6.45) is 1.44. The monoisotopic (exact) mass is 227 g/mol. The maximum absolute atomic E-state index is 10.3. The maximum atomic E-state index is 10.3. The van der Waals surface area contributed by atoms with Crippen LogP contribution >= 0.6 is 0 Å². The van der Waals surface area contributed by atoms with Gasteiger partial charge in [0.2, 0.25) is 0 Å². The van der Waals surface area contributed by atoms with Crippen molar-refractivity contribution in [2.24, 2.45) is 0 Å². The van der Waals surface area contributed by atoms with Gasteiger partial charge in [-0.15, -0.1) is 0 Å². The van der Waals surface area contributed by atoms with Gasteiger partial charge in [0.05, 0.1) is 5.56 Å². The quantitative estimate of drug-likeness (QED) is 0.448. The lowest BCUT2D eigenvalue weighted by molar-refractivity contribution is 0.0698. The lowest BCUT2D eigenvalue weighted by Gasteiger charge is -1.96. The summed E-state index contributed by atoms with van der Waals surface area (Å²) in [4.78, 5) is 10.3. The number of rotatable bonds is 4. The highest BCUT2D eigenvalue weighted by molar-refractivity contribution is 5.93. The molecule has 0 heterocycles. The largest absolute Gasteiger partial charge is 0.478 e. The summed E-state index contributed by atoms with van der Waals surface area (Å²) in [7, 11) is 0. The SMILES string of the molecule is Nc1ccccc1C(=O)O.OCCCCO. The van der Waals surface area contributed by atoms with Crippen molar-refractivity contribution in [2.75, 3.05) is 18.9 Å². The molecule has 16 heavy (non-hydrogen) atoms. The highest BCUT2D eigenvalue weighted by Crippen LogP contribution is 2.08. The van der Waals surface area contributed by atoms with Crippen molar-refractivity contribution in [3.63, 3.8) is 0 Å². The summed E-state index contributed by atoms with van der Waals surface area (Å²) in [6.45, 7) is 0.390. The number of carboxylic acid groups (broad SMARTS) is 1. The van der Waals surface area contributed by atoms with Crippen molar-refractivity contribution < 1.29 is 20.1 Å². The Kier molecular flexibility index (Phi) is 7.83. The van der Waals surface area contributed by atoms with Gasteiger partial charge >= 0.3 is 5.97 Å². The van der Waals surface area contributed by atoms with E-state index in [9.17, 15) is 4.79 Å². The molecule has 1 aromatic rings. The summed E-state index contributed by atoms with van der Waals surface area (Å²) < 4.78 is 0. The van der Waals surface area contributed by atoms with Crippen LogP contribution in [0.25, 0.3) is 0 Å². The molecule has 1 aromatic carbocycles. The van der Waals surface area contributed by atoms with Gasteiger partial charge < -0.3 is 21.1 Å². The van der Waals surface area contributed by atoms with E-state index in [0.29, 0.717) is 5.69 Å². The van der Waals surface area contributed by atoms with E-state index in [4.69, 9.17) is 21.1 Å². The molecular formula is C11H17NO4. The Labute approximate surface area is 94.1 Å². The first kappa shape index (κ1) is 14.4. The third-order valence-electron chi connectivity index (χ3n) is 1.76. The molecule has 0 unspecified atom stereocenters. The first-order valence-corrected chi connectivity index (χ1v) is 4.93. The maximum Gasteiger partial charge on any atom is 0.337 e. The van der Waals surface area contributed by atoms with Crippen LogP contribution in [0.2, 0.25) is 0 Å². The molecule has 5 nitrogen and oxygen atoms in total. The number of nitrogens with two attached hydrogens (primary N) is 1. The smallest absolute Gasteiger partial charge is 0.337 e. The normalized spacial score (nSPS) is 9.12. The van der Waals surface area contributed by atoms with Gasteiger partial charge in [-0.3, -0.25) is 0 Å². The first-order valence-electron chi connectivity index (χ1n) is 4.93. The zero-order valence-electron chi connectivity index (χ0n) is 8.97. The Morgan fingerprint density at radius 3 is 1.94 bits per heavy atom. The van der Waals surface area contributed by atoms with Crippen molar-refractivity contribution in [2.45, 2.75) is 12.8 Å². The van der Waals surface area contributed by atoms with Gasteiger partial charge in [-0.05, 0) is 25.0 Å². The summed E-state index contributed by atoms with van der Waals surface area (Å²) in [5, 5.41) is 24.7. The van der Waals surface area contributed by atoms with E-state index in [-0.39, 0.29) is 18.8 Å². The Balaban J connectivity index is 0.000000325. The Morgan fingerprint density at radius 2 is 1.62 bits per heavy atom. The van der Waals surface area contributed by atoms with E-state index in [1.54, 1.807) is 18.2 Å². The van der Waals surface area contributed by atoms with E-state index < -0.39 is 5.97 Å². The zero-order valence-corrected chi connectivity index (χ0v) is 8.97. The molecule has 0 saturated carbocycles. The average molecular weight is 227 g/mol. The van der Waals surface area contributed by atoms with E-state index in [1.165, 1.54) is 6.07 Å². The highest BCUT2D eigenvalue weighted by atomic mass is 16.4. The fourth-order valence-corrected chi connectivity index (χ4v) is 0.915. The minimum Gasteiger partial charge on any atom is -0.478 e. The predicted molar refractivity (Wildman–Crippen MR) is 61.2 cm³/mol. The van der Waals surface area contributed by atoms with Crippen molar-refractivity contribution in [1.29, 1.82) is 0 Å². The van der Waals surface area contributed by atoms with Crippen molar-refractivity contribution in [3.8, 4) is 0 Å². The number of aromatic carboxylic acids is 1. The number of aliphatic hydroxyl groups excluding tert-OH is 2. The van der Waals surface area contributed by atoms with Crippen LogP contribution in [0, 0.1) is 0 Å². The van der Waals surface area contributed by atoms with Crippen LogP contribution in [0.1, 0.15) is 23.2 Å². The molecule has 0 aliphatic heterocycles. The summed E-state index contributed by atoms with van der Waals surface area (Å²) in [5.74, 6) is -0.988. The minimum absolute atomic E-state index is 0.155. The standard InChI is InChI=1S/C7H7NO2.C4H10O2/c8-6-4-2-1-3-5(6)7(9)10;5-3-1-2-4-6/h1-4H,8H2,(H,9,10);5-6H,1-4H2. The number of unbranched alkanes of at least 4 members (excludes halogenated alkanes) is 1. The van der Waals surface area contributed by atoms with Crippen LogP contribution in [0.5, 0.6) is 0 Å². The van der Waals surface area contributed by atoms with Gasteiger partial charge in [0, 0.05) is 18.9 Å². The molecule has 1 rings (SSSR count). The number of anilines is 1. The zero-order chi connectivity index (χ0) is 12.4. The summed E-state index contributed by atoms with van der Waals surface area (Å²) in [6, 6.07) is 6.36. The van der Waals surface area contributed by atoms with Gasteiger partial charge in [-0.25, -0.2) is 4.79 Å². The topological polar surface area (TPSA) is 104 Å². The predicted octanol–water partition coefficient (Wildman–Crippen LogP) is 0.718. The number of nitrogen functional groups attached to an aromatic ring is 1. The lowest BCUT2D eigenvalue weighted by Crippen LogP contribution is -2.00. The average Bonchev–Trinajstić information content (AvgIpc) is 2.27. The fraction of sp³-hybridized carbons (Fsp3) is 0.364. The van der Waals surface area contributed by atoms with Crippen molar-refractivity contribution in [3.05, 3.63) is 29.8 Å². The second-order valence-electron chi connectivity index (χ2n) is 3.05. The minimum atomic E-state index is -0.988. The molecule has 5 N–H and O–H groups in total. The van der Waals surface area contributed by atoms with Gasteiger partial charge in [-0.1, -0.05) is 12.1 Å². The highest BCUT2D eigenvalue weighted by Gasteiger charge is 2.03. The molecule has 0 spiro atoms. The molecular weight excluding hydrogens is 210 g/mol. The number of aliphatic hydroxyl groups is 2. The number of benzene rings is 1. The second-order valence-corrected chi connectivity index (χ2v) is 3.05. The van der Waals surface area contributed by atoms with Crippen LogP contribution in [-0.4, -0.2) is 34.5 Å². The molecule has 0 aliphatic rings. The van der Waals surface area contributed by atoms with Gasteiger partial charge in [0.25, 0.3) is 0 Å². The molecule has 0 aromatic heterocycles. The molecule has 0 bridgehead atoms. The molecule has 0 atom stereocenters. The summed E-state index contributed by atoms with van der Waals surface area (Å²) >= 11 is 0. The van der Waals surface area contributed by atoms with Crippen molar-refractivity contribution >= 4 is 11.7 Å². The molecule has 5 heteroatoms. The summed E-state index contributed by atoms with van der Waals surface area (Å²) in [5.41, 5.74) is 5.80. The third kappa shape index (κ3) is 6.00. The third-order valence-corrected chi connectivity index (χ3v) is 1.76. The molecule has 0 amide bonds. The Hall–Kier alpha value is -1.59. The first-order chi connectivity index (χ1) is 7.63. The van der Waals surface area contributed by atoms with Gasteiger partial charge in [0.15, 0.2) is 0 Å². The molecule has 0 fully saturated rings. The number of carboxylic acids is 1. The van der Waals surface area contributed by atoms with Crippen LogP contribution in [0.15, 0.2) is 24.3 Å². The molecule has 90 valence electrons. The fourth-order valence-electron chi connectivity index (χ4n) is 0.915. The van der Waals surface area contributed by atoms with E-state index in [2.05, 4.69) is 0 Å². The number of carbonyl (C=O) groups is 1. The molecule has 0 aliphatic carbocycles. The van der Waals surface area contributed by atoms with E-state index in [0.717, 1.165) is 12.8 Å². The second kappa shape index (κ2) is 8.70. The van der Waals surface area contributed by atoms with Gasteiger partial charge in [0.1, 0.15) is 0 Å². The Morgan fingerprint density at radius 1 is 1.12 bits per heavy atom. The number of hydrogen-bond donors (Lipinski definition) is 4.